The average molecular weight is 255 g/mol. The highest BCUT2D eigenvalue weighted by Gasteiger charge is 2.15. The summed E-state index contributed by atoms with van der Waals surface area (Å²) in [7, 11) is 1.67. The van der Waals surface area contributed by atoms with E-state index >= 15 is 0 Å². The molecule has 1 aliphatic heterocycles. The van der Waals surface area contributed by atoms with Crippen LogP contribution in [0.1, 0.15) is 12.8 Å². The lowest BCUT2D eigenvalue weighted by Crippen LogP contribution is -2.20. The van der Waals surface area contributed by atoms with Gasteiger partial charge in [0.2, 0.25) is 5.95 Å². The Hall–Kier alpha value is -2.10. The molecule has 0 radical (unpaired) electrons. The summed E-state index contributed by atoms with van der Waals surface area (Å²) >= 11 is 0. The third-order valence-electron chi connectivity index (χ3n) is 3.42. The van der Waals surface area contributed by atoms with Crippen molar-refractivity contribution >= 4 is 5.95 Å². The highest BCUT2D eigenvalue weighted by atomic mass is 16.5. The average Bonchev–Trinajstić information content (AvgIpc) is 3.02. The molecular formula is C15H17N3O. The normalized spacial score (nSPS) is 14.7. The van der Waals surface area contributed by atoms with E-state index in [1.165, 1.54) is 12.8 Å². The maximum Gasteiger partial charge on any atom is 0.225 e. The minimum Gasteiger partial charge on any atom is -0.497 e. The van der Waals surface area contributed by atoms with Crippen LogP contribution in [0.5, 0.6) is 5.75 Å². The van der Waals surface area contributed by atoms with E-state index in [1.54, 1.807) is 7.11 Å². The van der Waals surface area contributed by atoms with Crippen LogP contribution < -0.4 is 9.64 Å². The Balaban J connectivity index is 1.89. The van der Waals surface area contributed by atoms with Crippen LogP contribution in [-0.2, 0) is 0 Å². The molecule has 19 heavy (non-hydrogen) atoms. The highest BCUT2D eigenvalue weighted by molar-refractivity contribution is 5.61. The number of benzene rings is 1. The maximum absolute atomic E-state index is 5.17. The van der Waals surface area contributed by atoms with Crippen LogP contribution in [0.15, 0.2) is 36.5 Å². The van der Waals surface area contributed by atoms with Gasteiger partial charge in [-0.2, -0.15) is 0 Å². The first-order valence-corrected chi connectivity index (χ1v) is 6.59. The van der Waals surface area contributed by atoms with E-state index in [-0.39, 0.29) is 0 Å². The van der Waals surface area contributed by atoms with Crippen molar-refractivity contribution in [3.8, 4) is 17.0 Å². The Kier molecular flexibility index (Phi) is 3.31. The number of ether oxygens (including phenoxy) is 1. The van der Waals surface area contributed by atoms with E-state index in [9.17, 15) is 0 Å². The van der Waals surface area contributed by atoms with Gasteiger partial charge in [-0.15, -0.1) is 0 Å². The second-order valence-electron chi connectivity index (χ2n) is 4.66. The number of aromatic nitrogens is 2. The fourth-order valence-electron chi connectivity index (χ4n) is 2.34. The zero-order valence-electron chi connectivity index (χ0n) is 11.0. The van der Waals surface area contributed by atoms with Crippen LogP contribution in [0.2, 0.25) is 0 Å². The summed E-state index contributed by atoms with van der Waals surface area (Å²) in [6.45, 7) is 2.12. The van der Waals surface area contributed by atoms with Gasteiger partial charge in [-0.05, 0) is 43.2 Å². The molecule has 2 aromatic rings. The van der Waals surface area contributed by atoms with Crippen LogP contribution in [0.4, 0.5) is 5.95 Å². The molecule has 0 bridgehead atoms. The minimum absolute atomic E-state index is 0.839. The van der Waals surface area contributed by atoms with Gasteiger partial charge in [0, 0.05) is 24.8 Å². The van der Waals surface area contributed by atoms with Crippen molar-refractivity contribution in [3.63, 3.8) is 0 Å². The molecule has 4 nitrogen and oxygen atoms in total. The van der Waals surface area contributed by atoms with Gasteiger partial charge >= 0.3 is 0 Å². The molecule has 0 unspecified atom stereocenters. The SMILES string of the molecule is COc1ccc(-c2ccnc(N3CCCC3)n2)cc1. The minimum atomic E-state index is 0.839. The van der Waals surface area contributed by atoms with Gasteiger partial charge in [-0.25, -0.2) is 9.97 Å². The van der Waals surface area contributed by atoms with Crippen molar-refractivity contribution in [3.05, 3.63) is 36.5 Å². The molecule has 0 amide bonds. The summed E-state index contributed by atoms with van der Waals surface area (Å²) in [5, 5.41) is 0. The summed E-state index contributed by atoms with van der Waals surface area (Å²) in [4.78, 5) is 11.3. The number of rotatable bonds is 3. The smallest absolute Gasteiger partial charge is 0.225 e. The molecule has 0 aliphatic carbocycles. The van der Waals surface area contributed by atoms with Gasteiger partial charge < -0.3 is 9.64 Å². The standard InChI is InChI=1S/C15H17N3O/c1-19-13-6-4-12(5-7-13)14-8-9-16-15(17-14)18-10-2-3-11-18/h4-9H,2-3,10-11H2,1H3. The summed E-state index contributed by atoms with van der Waals surface area (Å²) in [5.74, 6) is 1.70. The topological polar surface area (TPSA) is 38.2 Å². The van der Waals surface area contributed by atoms with E-state index in [0.717, 1.165) is 36.0 Å². The first-order valence-electron chi connectivity index (χ1n) is 6.59. The van der Waals surface area contributed by atoms with Crippen molar-refractivity contribution in [1.29, 1.82) is 0 Å². The molecular weight excluding hydrogens is 238 g/mol. The fraction of sp³-hybridized carbons (Fsp3) is 0.333. The number of hydrogen-bond donors (Lipinski definition) is 0. The van der Waals surface area contributed by atoms with E-state index in [1.807, 2.05) is 36.5 Å². The van der Waals surface area contributed by atoms with E-state index in [2.05, 4.69) is 14.9 Å². The molecule has 1 saturated heterocycles. The second-order valence-corrected chi connectivity index (χ2v) is 4.66. The summed E-state index contributed by atoms with van der Waals surface area (Å²) < 4.78 is 5.17. The summed E-state index contributed by atoms with van der Waals surface area (Å²) in [6.07, 6.45) is 4.30. The van der Waals surface area contributed by atoms with Crippen LogP contribution in [-0.4, -0.2) is 30.2 Å². The van der Waals surface area contributed by atoms with E-state index < -0.39 is 0 Å². The predicted octanol–water partition coefficient (Wildman–Crippen LogP) is 2.75. The number of nitrogens with zero attached hydrogens (tertiary/aromatic N) is 3. The summed E-state index contributed by atoms with van der Waals surface area (Å²) in [6, 6.07) is 9.89. The molecule has 1 aromatic carbocycles. The van der Waals surface area contributed by atoms with E-state index in [0.29, 0.717) is 0 Å². The molecule has 98 valence electrons. The monoisotopic (exact) mass is 255 g/mol. The molecule has 1 aliphatic rings. The zero-order valence-corrected chi connectivity index (χ0v) is 11.0. The van der Waals surface area contributed by atoms with Gasteiger partial charge in [0.05, 0.1) is 12.8 Å². The first-order chi connectivity index (χ1) is 9.36. The Labute approximate surface area is 113 Å². The third kappa shape index (κ3) is 2.52. The van der Waals surface area contributed by atoms with Gasteiger partial charge in [0.1, 0.15) is 5.75 Å². The van der Waals surface area contributed by atoms with Gasteiger partial charge in [0.25, 0.3) is 0 Å². The lowest BCUT2D eigenvalue weighted by molar-refractivity contribution is 0.415. The quantitative estimate of drug-likeness (QED) is 0.845. The Morgan fingerprint density at radius 3 is 2.47 bits per heavy atom. The van der Waals surface area contributed by atoms with Crippen LogP contribution >= 0.6 is 0 Å². The van der Waals surface area contributed by atoms with Crippen LogP contribution in [0.3, 0.4) is 0 Å². The molecule has 1 fully saturated rings. The highest BCUT2D eigenvalue weighted by Crippen LogP contribution is 2.23. The van der Waals surface area contributed by atoms with Crippen molar-refractivity contribution in [2.75, 3.05) is 25.1 Å². The van der Waals surface area contributed by atoms with Crippen molar-refractivity contribution < 1.29 is 4.74 Å². The Morgan fingerprint density at radius 1 is 1.05 bits per heavy atom. The van der Waals surface area contributed by atoms with Crippen molar-refractivity contribution in [2.45, 2.75) is 12.8 Å². The van der Waals surface area contributed by atoms with Crippen LogP contribution in [0.25, 0.3) is 11.3 Å². The Bertz CT molecular complexity index is 548. The van der Waals surface area contributed by atoms with Crippen molar-refractivity contribution in [1.82, 2.24) is 9.97 Å². The first kappa shape index (κ1) is 12.0. The summed E-state index contributed by atoms with van der Waals surface area (Å²) in [5.41, 5.74) is 2.04. The molecule has 0 N–H and O–H groups in total. The second kappa shape index (κ2) is 5.26. The number of methoxy groups -OCH3 is 1. The molecule has 0 saturated carbocycles. The molecule has 0 spiro atoms. The van der Waals surface area contributed by atoms with E-state index in [4.69, 9.17) is 4.74 Å². The third-order valence-corrected chi connectivity index (χ3v) is 3.42. The fourth-order valence-corrected chi connectivity index (χ4v) is 2.34. The lowest BCUT2D eigenvalue weighted by Gasteiger charge is -2.15. The molecule has 0 atom stereocenters. The van der Waals surface area contributed by atoms with Gasteiger partial charge in [0.15, 0.2) is 0 Å². The zero-order chi connectivity index (χ0) is 13.1. The lowest BCUT2D eigenvalue weighted by atomic mass is 10.1. The number of hydrogen-bond acceptors (Lipinski definition) is 4. The van der Waals surface area contributed by atoms with Gasteiger partial charge in [-0.1, -0.05) is 0 Å². The molecule has 3 rings (SSSR count). The Morgan fingerprint density at radius 2 is 1.79 bits per heavy atom. The number of anilines is 1. The predicted molar refractivity (Wildman–Crippen MR) is 75.5 cm³/mol. The van der Waals surface area contributed by atoms with Crippen LogP contribution in [0, 0.1) is 0 Å². The molecule has 4 heteroatoms. The molecule has 2 heterocycles. The largest absolute Gasteiger partial charge is 0.497 e. The maximum atomic E-state index is 5.17. The molecule has 1 aromatic heterocycles. The van der Waals surface area contributed by atoms with Crippen molar-refractivity contribution in [2.24, 2.45) is 0 Å². The van der Waals surface area contributed by atoms with Gasteiger partial charge in [-0.3, -0.25) is 0 Å².